The molecule has 0 spiro atoms. The Balaban J connectivity index is 1.62. The number of fused-ring (bicyclic) bond motifs is 1. The lowest BCUT2D eigenvalue weighted by molar-refractivity contribution is 0.303. The topological polar surface area (TPSA) is 80.1 Å². The summed E-state index contributed by atoms with van der Waals surface area (Å²) in [6.45, 7) is 4.97. The van der Waals surface area contributed by atoms with E-state index >= 15 is 0 Å². The third-order valence-corrected chi connectivity index (χ3v) is 7.23. The normalized spacial score (nSPS) is 21.6. The number of nitrogens with zero attached hydrogens (tertiary/aromatic N) is 4. The minimum atomic E-state index is -3.88. The molecule has 1 aromatic heterocycles. The van der Waals surface area contributed by atoms with Gasteiger partial charge in [0.2, 0.25) is 10.0 Å². The summed E-state index contributed by atoms with van der Waals surface area (Å²) in [5.41, 5.74) is 0.721. The molecule has 0 amide bonds. The standard InChI is InChI=1S/C18H24FN5O2S/c1-13-4-5-15(19)16(11-13)27(25,26)23-9-2-3-14(12-23)18-22-21-17-6-7-20-8-10-24(17)18/h4-5,11,14,20H,2-3,6-10,12H2,1H3/t14-/m1/s1. The van der Waals surface area contributed by atoms with Gasteiger partial charge >= 0.3 is 0 Å². The van der Waals surface area contributed by atoms with Crippen molar-refractivity contribution in [1.29, 1.82) is 0 Å². The number of piperidine rings is 1. The summed E-state index contributed by atoms with van der Waals surface area (Å²) in [4.78, 5) is -0.243. The lowest BCUT2D eigenvalue weighted by Gasteiger charge is -2.31. The first kappa shape index (κ1) is 18.5. The predicted octanol–water partition coefficient (Wildman–Crippen LogP) is 1.44. The molecule has 0 aliphatic carbocycles. The number of hydrogen-bond donors (Lipinski definition) is 1. The zero-order chi connectivity index (χ0) is 19.0. The minimum Gasteiger partial charge on any atom is -0.315 e. The molecule has 7 nitrogen and oxygen atoms in total. The quantitative estimate of drug-likeness (QED) is 0.854. The molecular weight excluding hydrogens is 369 g/mol. The van der Waals surface area contributed by atoms with E-state index in [0.717, 1.165) is 56.1 Å². The fourth-order valence-corrected chi connectivity index (χ4v) is 5.59. The van der Waals surface area contributed by atoms with Gasteiger partial charge in [-0.05, 0) is 37.5 Å². The van der Waals surface area contributed by atoms with Gasteiger partial charge in [0.25, 0.3) is 0 Å². The first-order valence-electron chi connectivity index (χ1n) is 9.36. The van der Waals surface area contributed by atoms with E-state index in [4.69, 9.17) is 0 Å². The molecule has 0 unspecified atom stereocenters. The number of nitrogens with one attached hydrogen (secondary N) is 1. The molecule has 9 heteroatoms. The second kappa shape index (κ2) is 7.29. The Morgan fingerprint density at radius 3 is 2.93 bits per heavy atom. The second-order valence-electron chi connectivity index (χ2n) is 7.26. The molecule has 1 aromatic carbocycles. The SMILES string of the molecule is Cc1ccc(F)c(S(=O)(=O)N2CCC[C@@H](c3nnc4n3CCNCC4)C2)c1. The molecule has 1 fully saturated rings. The summed E-state index contributed by atoms with van der Waals surface area (Å²) in [6, 6.07) is 4.20. The number of halogens is 1. The lowest BCUT2D eigenvalue weighted by Crippen LogP contribution is -2.40. The molecule has 2 aliphatic rings. The van der Waals surface area contributed by atoms with Crippen molar-refractivity contribution >= 4 is 10.0 Å². The van der Waals surface area contributed by atoms with Crippen LogP contribution in [0.25, 0.3) is 0 Å². The van der Waals surface area contributed by atoms with Crippen molar-refractivity contribution in [1.82, 2.24) is 24.4 Å². The molecule has 1 atom stereocenters. The minimum absolute atomic E-state index is 0.0271. The van der Waals surface area contributed by atoms with E-state index in [1.807, 2.05) is 0 Å². The van der Waals surface area contributed by atoms with Crippen molar-refractivity contribution in [3.8, 4) is 0 Å². The summed E-state index contributed by atoms with van der Waals surface area (Å²) in [6.07, 6.45) is 2.39. The largest absolute Gasteiger partial charge is 0.315 e. The van der Waals surface area contributed by atoms with Crippen LogP contribution in [0.2, 0.25) is 0 Å². The molecule has 27 heavy (non-hydrogen) atoms. The van der Waals surface area contributed by atoms with Gasteiger partial charge in [-0.2, -0.15) is 4.31 Å². The van der Waals surface area contributed by atoms with Gasteiger partial charge in [0.1, 0.15) is 22.4 Å². The number of hydrogen-bond acceptors (Lipinski definition) is 5. The highest BCUT2D eigenvalue weighted by Gasteiger charge is 2.35. The molecular formula is C18H24FN5O2S. The first-order chi connectivity index (χ1) is 13.0. The molecule has 2 aromatic rings. The van der Waals surface area contributed by atoms with Crippen molar-refractivity contribution in [2.45, 2.75) is 43.5 Å². The van der Waals surface area contributed by atoms with Gasteiger partial charge < -0.3 is 9.88 Å². The first-order valence-corrected chi connectivity index (χ1v) is 10.8. The molecule has 0 radical (unpaired) electrons. The Bertz CT molecular complexity index is 943. The summed E-state index contributed by atoms with van der Waals surface area (Å²) in [5, 5.41) is 12.0. The zero-order valence-corrected chi connectivity index (χ0v) is 16.2. The molecule has 1 saturated heterocycles. The zero-order valence-electron chi connectivity index (χ0n) is 15.4. The van der Waals surface area contributed by atoms with E-state index in [-0.39, 0.29) is 10.8 Å². The number of sulfonamides is 1. The highest BCUT2D eigenvalue weighted by Crippen LogP contribution is 2.31. The molecule has 3 heterocycles. The Kier molecular flexibility index (Phi) is 5.00. The maximum Gasteiger partial charge on any atom is 0.246 e. The van der Waals surface area contributed by atoms with Gasteiger partial charge in [0.05, 0.1) is 0 Å². The van der Waals surface area contributed by atoms with E-state index in [2.05, 4.69) is 20.1 Å². The summed E-state index contributed by atoms with van der Waals surface area (Å²) in [5.74, 6) is 1.06. The molecule has 2 aliphatic heterocycles. The van der Waals surface area contributed by atoms with Crippen LogP contribution in [-0.4, -0.2) is 53.7 Å². The Labute approximate surface area is 158 Å². The fourth-order valence-electron chi connectivity index (χ4n) is 3.91. The van der Waals surface area contributed by atoms with Gasteiger partial charge in [-0.1, -0.05) is 6.07 Å². The van der Waals surface area contributed by atoms with Crippen LogP contribution >= 0.6 is 0 Å². The highest BCUT2D eigenvalue weighted by molar-refractivity contribution is 7.89. The number of rotatable bonds is 3. The van der Waals surface area contributed by atoms with Crippen molar-refractivity contribution in [2.75, 3.05) is 26.2 Å². The monoisotopic (exact) mass is 393 g/mol. The second-order valence-corrected chi connectivity index (χ2v) is 9.17. The van der Waals surface area contributed by atoms with Crippen LogP contribution in [0, 0.1) is 12.7 Å². The molecule has 0 saturated carbocycles. The number of benzene rings is 1. The Morgan fingerprint density at radius 1 is 1.22 bits per heavy atom. The van der Waals surface area contributed by atoms with Gasteiger partial charge in [0.15, 0.2) is 0 Å². The van der Waals surface area contributed by atoms with Crippen molar-refractivity contribution in [3.05, 3.63) is 41.2 Å². The Morgan fingerprint density at radius 2 is 2.07 bits per heavy atom. The molecule has 0 bridgehead atoms. The number of aryl methyl sites for hydroxylation is 1. The van der Waals surface area contributed by atoms with Crippen LogP contribution in [0.3, 0.4) is 0 Å². The smallest absolute Gasteiger partial charge is 0.246 e. The lowest BCUT2D eigenvalue weighted by atomic mass is 9.99. The van der Waals surface area contributed by atoms with Crippen LogP contribution in [0.5, 0.6) is 0 Å². The van der Waals surface area contributed by atoms with Crippen molar-refractivity contribution < 1.29 is 12.8 Å². The fraction of sp³-hybridized carbons (Fsp3) is 0.556. The van der Waals surface area contributed by atoms with Crippen LogP contribution < -0.4 is 5.32 Å². The summed E-state index contributed by atoms with van der Waals surface area (Å²) >= 11 is 0. The van der Waals surface area contributed by atoms with Crippen LogP contribution in [-0.2, 0) is 23.0 Å². The van der Waals surface area contributed by atoms with E-state index in [0.29, 0.717) is 13.1 Å². The van der Waals surface area contributed by atoms with Gasteiger partial charge in [-0.3, -0.25) is 0 Å². The molecule has 146 valence electrons. The predicted molar refractivity (Wildman–Crippen MR) is 98.5 cm³/mol. The van der Waals surface area contributed by atoms with Crippen molar-refractivity contribution in [3.63, 3.8) is 0 Å². The highest BCUT2D eigenvalue weighted by atomic mass is 32.2. The van der Waals surface area contributed by atoms with Crippen molar-refractivity contribution in [2.24, 2.45) is 0 Å². The van der Waals surface area contributed by atoms with E-state index < -0.39 is 15.8 Å². The van der Waals surface area contributed by atoms with Gasteiger partial charge in [0, 0.05) is 45.1 Å². The Hall–Kier alpha value is -1.84. The third kappa shape index (κ3) is 3.51. The summed E-state index contributed by atoms with van der Waals surface area (Å²) < 4.78 is 43.8. The van der Waals surface area contributed by atoms with Gasteiger partial charge in [-0.25, -0.2) is 12.8 Å². The summed E-state index contributed by atoms with van der Waals surface area (Å²) in [7, 11) is -3.88. The van der Waals surface area contributed by atoms with Gasteiger partial charge in [-0.15, -0.1) is 10.2 Å². The maximum atomic E-state index is 14.2. The maximum absolute atomic E-state index is 14.2. The van der Waals surface area contributed by atoms with E-state index in [9.17, 15) is 12.8 Å². The molecule has 1 N–H and O–H groups in total. The van der Waals surface area contributed by atoms with Crippen LogP contribution in [0.4, 0.5) is 4.39 Å². The number of aromatic nitrogens is 3. The van der Waals surface area contributed by atoms with Crippen LogP contribution in [0.1, 0.15) is 36.0 Å². The van der Waals surface area contributed by atoms with E-state index in [1.165, 1.54) is 16.4 Å². The van der Waals surface area contributed by atoms with E-state index in [1.54, 1.807) is 13.0 Å². The average Bonchev–Trinajstić information content (AvgIpc) is 2.92. The molecule has 4 rings (SSSR count). The third-order valence-electron chi connectivity index (χ3n) is 5.35. The average molecular weight is 393 g/mol. The van der Waals surface area contributed by atoms with Crippen LogP contribution in [0.15, 0.2) is 23.1 Å².